The van der Waals surface area contributed by atoms with Gasteiger partial charge in [0, 0.05) is 22.0 Å². The number of nitrogens with zero attached hydrogens (tertiary/aromatic N) is 1. The van der Waals surface area contributed by atoms with E-state index in [0.29, 0.717) is 25.4 Å². The highest BCUT2D eigenvalue weighted by Crippen LogP contribution is 2.26. The summed E-state index contributed by atoms with van der Waals surface area (Å²) in [6.07, 6.45) is -0.756. The average molecular weight is 482 g/mol. The summed E-state index contributed by atoms with van der Waals surface area (Å²) in [6.45, 7) is 1.49. The minimum atomic E-state index is -0.748. The zero-order valence-electron chi connectivity index (χ0n) is 14.0. The summed E-state index contributed by atoms with van der Waals surface area (Å²) in [7, 11) is 0. The van der Waals surface area contributed by atoms with Gasteiger partial charge in [0.2, 0.25) is 5.91 Å². The lowest BCUT2D eigenvalue weighted by Gasteiger charge is -2.32. The third kappa shape index (κ3) is 4.93. The standard InChI is InChI=1S/C19H18Br2N2O3/c20-14-6-7-16(15(21)10-14)22-18(24)11-17-19(25)23(8-9-26-17)12-13-4-2-1-3-5-13/h1-7,10,17H,8-9,11-12H2,(H,22,24)/t17-/m1/s1. The van der Waals surface area contributed by atoms with Crippen LogP contribution in [0.3, 0.4) is 0 Å². The van der Waals surface area contributed by atoms with Gasteiger partial charge in [0.1, 0.15) is 6.10 Å². The quantitative estimate of drug-likeness (QED) is 0.702. The summed E-state index contributed by atoms with van der Waals surface area (Å²) in [5, 5.41) is 2.81. The second-order valence-corrected chi connectivity index (χ2v) is 7.75. The molecule has 0 spiro atoms. The fourth-order valence-electron chi connectivity index (χ4n) is 2.76. The molecular formula is C19H18Br2N2O3. The number of carbonyl (C=O) groups is 2. The summed E-state index contributed by atoms with van der Waals surface area (Å²) in [5.41, 5.74) is 1.72. The summed E-state index contributed by atoms with van der Waals surface area (Å²) >= 11 is 6.78. The van der Waals surface area contributed by atoms with Gasteiger partial charge in [-0.05, 0) is 39.7 Å². The molecule has 0 aromatic heterocycles. The van der Waals surface area contributed by atoms with Crippen molar-refractivity contribution in [3.05, 3.63) is 63.0 Å². The zero-order valence-corrected chi connectivity index (χ0v) is 17.1. The average Bonchev–Trinajstić information content (AvgIpc) is 2.62. The maximum Gasteiger partial charge on any atom is 0.252 e. The largest absolute Gasteiger partial charge is 0.366 e. The molecule has 7 heteroatoms. The predicted molar refractivity (Wildman–Crippen MR) is 107 cm³/mol. The van der Waals surface area contributed by atoms with Gasteiger partial charge >= 0.3 is 0 Å². The first-order valence-electron chi connectivity index (χ1n) is 8.22. The van der Waals surface area contributed by atoms with Crippen LogP contribution in [-0.2, 0) is 20.9 Å². The molecule has 5 nitrogen and oxygen atoms in total. The number of anilines is 1. The minimum Gasteiger partial charge on any atom is -0.366 e. The van der Waals surface area contributed by atoms with E-state index in [0.717, 1.165) is 14.5 Å². The second kappa shape index (κ2) is 8.79. The molecule has 26 heavy (non-hydrogen) atoms. The van der Waals surface area contributed by atoms with E-state index in [2.05, 4.69) is 37.2 Å². The van der Waals surface area contributed by atoms with Crippen molar-refractivity contribution >= 4 is 49.4 Å². The van der Waals surface area contributed by atoms with Crippen LogP contribution in [0.15, 0.2) is 57.5 Å². The fourth-order valence-corrected chi connectivity index (χ4v) is 3.90. The van der Waals surface area contributed by atoms with E-state index < -0.39 is 6.10 Å². The van der Waals surface area contributed by atoms with Gasteiger partial charge in [-0.3, -0.25) is 9.59 Å². The van der Waals surface area contributed by atoms with E-state index >= 15 is 0 Å². The molecule has 1 N–H and O–H groups in total. The molecule has 3 rings (SSSR count). The molecule has 2 aromatic carbocycles. The lowest BCUT2D eigenvalue weighted by atomic mass is 10.1. The van der Waals surface area contributed by atoms with Crippen molar-refractivity contribution in [1.82, 2.24) is 4.90 Å². The van der Waals surface area contributed by atoms with Gasteiger partial charge in [-0.25, -0.2) is 0 Å². The topological polar surface area (TPSA) is 58.6 Å². The van der Waals surface area contributed by atoms with Gasteiger partial charge in [0.15, 0.2) is 0 Å². The van der Waals surface area contributed by atoms with Gasteiger partial charge < -0.3 is 15.0 Å². The number of benzene rings is 2. The Morgan fingerprint density at radius 1 is 1.19 bits per heavy atom. The van der Waals surface area contributed by atoms with E-state index in [-0.39, 0.29) is 18.2 Å². The smallest absolute Gasteiger partial charge is 0.252 e. The predicted octanol–water partition coefficient (Wildman–Crippen LogP) is 3.97. The van der Waals surface area contributed by atoms with Crippen LogP contribution in [0.1, 0.15) is 12.0 Å². The fraction of sp³-hybridized carbons (Fsp3) is 0.263. The molecule has 1 saturated heterocycles. The van der Waals surface area contributed by atoms with Crippen molar-refractivity contribution in [2.45, 2.75) is 19.1 Å². The van der Waals surface area contributed by atoms with E-state index in [1.807, 2.05) is 42.5 Å². The van der Waals surface area contributed by atoms with Crippen LogP contribution in [0.2, 0.25) is 0 Å². The summed E-state index contributed by atoms with van der Waals surface area (Å²) in [5.74, 6) is -0.405. The third-order valence-corrected chi connectivity index (χ3v) is 5.21. The van der Waals surface area contributed by atoms with E-state index in [1.54, 1.807) is 11.0 Å². The lowest BCUT2D eigenvalue weighted by Crippen LogP contribution is -2.48. The molecule has 0 saturated carbocycles. The molecule has 1 aliphatic rings. The summed E-state index contributed by atoms with van der Waals surface area (Å²) in [6, 6.07) is 15.3. The molecule has 2 amide bonds. The Morgan fingerprint density at radius 3 is 2.69 bits per heavy atom. The van der Waals surface area contributed by atoms with Crippen molar-refractivity contribution in [1.29, 1.82) is 0 Å². The molecule has 0 aliphatic carbocycles. The number of halogens is 2. The van der Waals surface area contributed by atoms with Crippen LogP contribution >= 0.6 is 31.9 Å². The van der Waals surface area contributed by atoms with Crippen LogP contribution in [0.4, 0.5) is 5.69 Å². The Bertz CT molecular complexity index is 799. The number of rotatable bonds is 5. The Hall–Kier alpha value is -1.70. The number of morpholine rings is 1. The number of amides is 2. The Labute approximate surface area is 169 Å². The van der Waals surface area contributed by atoms with E-state index in [9.17, 15) is 9.59 Å². The number of hydrogen-bond acceptors (Lipinski definition) is 3. The molecule has 0 unspecified atom stereocenters. The minimum absolute atomic E-state index is 0.00731. The van der Waals surface area contributed by atoms with Crippen molar-refractivity contribution in [2.24, 2.45) is 0 Å². The van der Waals surface area contributed by atoms with Crippen molar-refractivity contribution in [3.63, 3.8) is 0 Å². The van der Waals surface area contributed by atoms with Crippen LogP contribution < -0.4 is 5.32 Å². The Morgan fingerprint density at radius 2 is 1.96 bits per heavy atom. The number of ether oxygens (including phenoxy) is 1. The molecule has 1 aliphatic heterocycles. The van der Waals surface area contributed by atoms with Crippen molar-refractivity contribution in [3.8, 4) is 0 Å². The maximum atomic E-state index is 12.6. The summed E-state index contributed by atoms with van der Waals surface area (Å²) in [4.78, 5) is 26.7. The highest BCUT2D eigenvalue weighted by atomic mass is 79.9. The molecule has 1 fully saturated rings. The van der Waals surface area contributed by atoms with E-state index in [1.165, 1.54) is 0 Å². The highest BCUT2D eigenvalue weighted by Gasteiger charge is 2.31. The molecule has 0 radical (unpaired) electrons. The van der Waals surface area contributed by atoms with Gasteiger partial charge in [-0.15, -0.1) is 0 Å². The lowest BCUT2D eigenvalue weighted by molar-refractivity contribution is -0.155. The van der Waals surface area contributed by atoms with Crippen LogP contribution in [-0.4, -0.2) is 36.0 Å². The first-order valence-corrected chi connectivity index (χ1v) is 9.81. The zero-order chi connectivity index (χ0) is 18.5. The first kappa shape index (κ1) is 19.1. The molecule has 136 valence electrons. The molecule has 0 bridgehead atoms. The maximum absolute atomic E-state index is 12.6. The molecule has 2 aromatic rings. The van der Waals surface area contributed by atoms with E-state index in [4.69, 9.17) is 4.74 Å². The number of hydrogen-bond donors (Lipinski definition) is 1. The van der Waals surface area contributed by atoms with Gasteiger partial charge in [-0.2, -0.15) is 0 Å². The third-order valence-electron chi connectivity index (χ3n) is 4.06. The monoisotopic (exact) mass is 480 g/mol. The Balaban J connectivity index is 1.60. The van der Waals surface area contributed by atoms with Crippen LogP contribution in [0, 0.1) is 0 Å². The van der Waals surface area contributed by atoms with Gasteiger partial charge in [0.05, 0.1) is 18.7 Å². The highest BCUT2D eigenvalue weighted by molar-refractivity contribution is 9.11. The van der Waals surface area contributed by atoms with Crippen molar-refractivity contribution < 1.29 is 14.3 Å². The molecule has 1 heterocycles. The normalized spacial score (nSPS) is 17.2. The first-order chi connectivity index (χ1) is 12.5. The van der Waals surface area contributed by atoms with Gasteiger partial charge in [0.25, 0.3) is 5.91 Å². The number of carbonyl (C=O) groups excluding carboxylic acids is 2. The molecular weight excluding hydrogens is 464 g/mol. The Kier molecular flexibility index (Phi) is 6.45. The van der Waals surface area contributed by atoms with Crippen LogP contribution in [0.25, 0.3) is 0 Å². The SMILES string of the molecule is O=C(C[C@H]1OCCN(Cc2ccccc2)C1=O)Nc1ccc(Br)cc1Br. The second-order valence-electron chi connectivity index (χ2n) is 5.98. The van der Waals surface area contributed by atoms with Gasteiger partial charge in [-0.1, -0.05) is 46.3 Å². The van der Waals surface area contributed by atoms with Crippen LogP contribution in [0.5, 0.6) is 0 Å². The number of nitrogens with one attached hydrogen (secondary N) is 1. The molecule has 1 atom stereocenters. The van der Waals surface area contributed by atoms with Crippen molar-refractivity contribution in [2.75, 3.05) is 18.5 Å². The summed E-state index contributed by atoms with van der Waals surface area (Å²) < 4.78 is 7.22.